The minimum Gasteiger partial charge on any atom is -0.394 e. The van der Waals surface area contributed by atoms with Crippen molar-refractivity contribution in [1.29, 1.82) is 0 Å². The lowest BCUT2D eigenvalue weighted by atomic mass is 10.2. The van der Waals surface area contributed by atoms with Crippen molar-refractivity contribution in [2.75, 3.05) is 6.61 Å². The van der Waals surface area contributed by atoms with Crippen LogP contribution in [0.5, 0.6) is 0 Å². The van der Waals surface area contributed by atoms with Crippen molar-refractivity contribution in [3.8, 4) is 0 Å². The van der Waals surface area contributed by atoms with E-state index in [1.807, 2.05) is 0 Å². The Morgan fingerprint density at radius 1 is 1.57 bits per heavy atom. The van der Waals surface area contributed by atoms with E-state index in [2.05, 4.69) is 16.8 Å². The normalized spacial score (nSPS) is 26.2. The molecular weight excluding hydrogens is 323 g/mol. The van der Waals surface area contributed by atoms with Crippen molar-refractivity contribution in [3.05, 3.63) is 32.6 Å². The molecule has 1 aliphatic rings. The van der Waals surface area contributed by atoms with E-state index in [1.165, 1.54) is 13.1 Å². The maximum absolute atomic E-state index is 11.8. The number of H-pyrrole nitrogens is 1. The summed E-state index contributed by atoms with van der Waals surface area (Å²) in [6, 6.07) is 0. The number of aryl methyl sites for hydroxylation is 1. The smallest absolute Gasteiger partial charge is 0.330 e. The highest BCUT2D eigenvalue weighted by Crippen LogP contribution is 2.43. The highest BCUT2D eigenvalue weighted by Gasteiger charge is 2.39. The molecule has 0 amide bonds. The molecule has 0 saturated carbocycles. The third-order valence-electron chi connectivity index (χ3n) is 3.09. The number of hydrogen-bond donors (Lipinski definition) is 4. The molecule has 9 nitrogen and oxygen atoms in total. The molecule has 0 radical (unpaired) electrons. The molecule has 118 valence electrons. The summed E-state index contributed by atoms with van der Waals surface area (Å²) in [6.07, 6.45) is -1.11. The number of nitrogens with one attached hydrogen (secondary N) is 1. The van der Waals surface area contributed by atoms with Crippen LogP contribution in [0.2, 0.25) is 0 Å². The quantitative estimate of drug-likeness (QED) is 0.499. The summed E-state index contributed by atoms with van der Waals surface area (Å²) in [5.74, 6) is 0. The minimum atomic E-state index is -3.92. The molecule has 1 aromatic heterocycles. The predicted molar refractivity (Wildman–Crippen MR) is 75.3 cm³/mol. The number of aromatic amines is 1. The first-order valence-electron chi connectivity index (χ1n) is 6.03. The third kappa shape index (κ3) is 3.86. The molecule has 1 aromatic rings. The van der Waals surface area contributed by atoms with Crippen molar-refractivity contribution < 1.29 is 24.2 Å². The Hall–Kier alpha value is -0.870. The van der Waals surface area contributed by atoms with Gasteiger partial charge in [-0.1, -0.05) is 0 Å². The van der Waals surface area contributed by atoms with Gasteiger partial charge in [0.1, 0.15) is 12.3 Å². The Morgan fingerprint density at radius 3 is 2.81 bits per heavy atom. The summed E-state index contributed by atoms with van der Waals surface area (Å²) < 4.78 is 11.5. The van der Waals surface area contributed by atoms with Crippen LogP contribution in [-0.2, 0) is 21.1 Å². The molecule has 0 bridgehead atoms. The van der Waals surface area contributed by atoms with Crippen molar-refractivity contribution >= 4 is 18.5 Å². The van der Waals surface area contributed by atoms with Crippen LogP contribution >= 0.6 is 6.72 Å². The van der Waals surface area contributed by atoms with E-state index >= 15 is 0 Å². The average Bonchev–Trinajstić information content (AvgIpc) is 2.74. The Kier molecular flexibility index (Phi) is 4.79. The summed E-state index contributed by atoms with van der Waals surface area (Å²) >= 11 is 4.39. The van der Waals surface area contributed by atoms with Gasteiger partial charge in [-0.05, 0) is 18.7 Å². The zero-order valence-corrected chi connectivity index (χ0v) is 12.7. The molecule has 21 heavy (non-hydrogen) atoms. The van der Waals surface area contributed by atoms with Gasteiger partial charge in [0.05, 0.1) is 12.7 Å². The first kappa shape index (κ1) is 16.5. The second-order valence-corrected chi connectivity index (χ2v) is 7.28. The van der Waals surface area contributed by atoms with Crippen LogP contribution < -0.4 is 11.2 Å². The van der Waals surface area contributed by atoms with E-state index < -0.39 is 43.0 Å². The lowest BCUT2D eigenvalue weighted by Gasteiger charge is -2.18. The number of aromatic nitrogens is 2. The van der Waals surface area contributed by atoms with Crippen molar-refractivity contribution in [2.45, 2.75) is 31.8 Å². The summed E-state index contributed by atoms with van der Waals surface area (Å²) in [5, 5.41) is 9.23. The fourth-order valence-electron chi connectivity index (χ4n) is 2.12. The van der Waals surface area contributed by atoms with E-state index in [-0.39, 0.29) is 6.42 Å². The van der Waals surface area contributed by atoms with E-state index in [0.717, 1.165) is 4.57 Å². The van der Waals surface area contributed by atoms with Gasteiger partial charge in [-0.2, -0.15) is 0 Å². The van der Waals surface area contributed by atoms with Gasteiger partial charge in [0.15, 0.2) is 0 Å². The molecule has 11 heteroatoms. The van der Waals surface area contributed by atoms with Gasteiger partial charge >= 0.3 is 12.4 Å². The van der Waals surface area contributed by atoms with Crippen LogP contribution in [0.15, 0.2) is 15.8 Å². The maximum Gasteiger partial charge on any atom is 0.330 e. The van der Waals surface area contributed by atoms with Crippen LogP contribution in [-0.4, -0.2) is 43.3 Å². The van der Waals surface area contributed by atoms with E-state index in [0.29, 0.717) is 5.56 Å². The molecule has 2 rings (SSSR count). The highest BCUT2D eigenvalue weighted by atomic mass is 32.5. The van der Waals surface area contributed by atoms with Gasteiger partial charge in [-0.25, -0.2) is 4.79 Å². The topological polar surface area (TPSA) is 134 Å². The molecule has 0 spiro atoms. The van der Waals surface area contributed by atoms with E-state index in [9.17, 15) is 24.5 Å². The Labute approximate surface area is 124 Å². The van der Waals surface area contributed by atoms with Crippen molar-refractivity contribution in [3.63, 3.8) is 0 Å². The molecule has 3 atom stereocenters. The van der Waals surface area contributed by atoms with Crippen molar-refractivity contribution in [2.24, 2.45) is 0 Å². The Bertz CT molecular complexity index is 681. The molecular formula is C10H15N2O7PS. The number of aliphatic hydroxyl groups excluding tert-OH is 1. The zero-order valence-electron chi connectivity index (χ0n) is 11.0. The molecule has 0 aliphatic carbocycles. The first-order valence-corrected chi connectivity index (χ1v) is 8.66. The monoisotopic (exact) mass is 338 g/mol. The highest BCUT2D eigenvalue weighted by molar-refractivity contribution is 8.06. The zero-order chi connectivity index (χ0) is 15.8. The van der Waals surface area contributed by atoms with Crippen LogP contribution in [0.1, 0.15) is 18.2 Å². The van der Waals surface area contributed by atoms with Gasteiger partial charge in [0.25, 0.3) is 5.56 Å². The number of nitrogens with zero attached hydrogens (tertiary/aromatic N) is 1. The first-order chi connectivity index (χ1) is 9.71. The SMILES string of the molecule is Cc1cn([C@H]2C[C@H](OP(O)(O)=S)[C@@H](CO)O2)c(=O)[nH]c1=O. The van der Waals surface area contributed by atoms with Crippen LogP contribution in [0.25, 0.3) is 0 Å². The molecule has 0 unspecified atom stereocenters. The summed E-state index contributed by atoms with van der Waals surface area (Å²) in [7, 11) is 0. The standard InChI is InChI=1S/C10H15N2O7PS/c1-5-3-12(10(15)11-9(5)14)8-2-6(7(4-13)18-8)19-20(16,17)21/h3,6-8,13H,2,4H2,1H3,(H,11,14,15)(H2,16,17,21)/t6-,7+,8+/m0/s1. The second kappa shape index (κ2) is 6.09. The van der Waals surface area contributed by atoms with Gasteiger partial charge in [0.2, 0.25) is 0 Å². The van der Waals surface area contributed by atoms with E-state index in [4.69, 9.17) is 9.26 Å². The number of rotatable bonds is 4. The predicted octanol–water partition coefficient (Wildman–Crippen LogP) is -1.28. The summed E-state index contributed by atoms with van der Waals surface area (Å²) in [4.78, 5) is 43.6. The average molecular weight is 338 g/mol. The van der Waals surface area contributed by atoms with Gasteiger partial charge in [0, 0.05) is 18.2 Å². The lowest BCUT2D eigenvalue weighted by molar-refractivity contribution is -0.0435. The Morgan fingerprint density at radius 2 is 2.24 bits per heavy atom. The molecule has 0 aromatic carbocycles. The number of aliphatic hydroxyl groups is 1. The molecule has 4 N–H and O–H groups in total. The fraction of sp³-hybridized carbons (Fsp3) is 0.600. The number of ether oxygens (including phenoxy) is 1. The summed E-state index contributed by atoms with van der Waals surface area (Å²) in [6.45, 7) is -2.82. The molecule has 1 saturated heterocycles. The second-order valence-electron chi connectivity index (χ2n) is 4.66. The van der Waals surface area contributed by atoms with Gasteiger partial charge < -0.3 is 24.2 Å². The number of hydrogen-bond acceptors (Lipinski definition) is 6. The van der Waals surface area contributed by atoms with Crippen LogP contribution in [0.3, 0.4) is 0 Å². The fourth-order valence-corrected chi connectivity index (χ4v) is 3.03. The summed E-state index contributed by atoms with van der Waals surface area (Å²) in [5.41, 5.74) is -0.847. The minimum absolute atomic E-state index is 0.0795. The van der Waals surface area contributed by atoms with Crippen molar-refractivity contribution in [1.82, 2.24) is 9.55 Å². The Balaban J connectivity index is 2.27. The lowest BCUT2D eigenvalue weighted by Crippen LogP contribution is -2.33. The van der Waals surface area contributed by atoms with Crippen LogP contribution in [0, 0.1) is 6.92 Å². The van der Waals surface area contributed by atoms with Crippen LogP contribution in [0.4, 0.5) is 0 Å². The molecule has 2 heterocycles. The molecule has 1 fully saturated rings. The van der Waals surface area contributed by atoms with Gasteiger partial charge in [-0.15, -0.1) is 0 Å². The molecule has 1 aliphatic heterocycles. The van der Waals surface area contributed by atoms with Gasteiger partial charge in [-0.3, -0.25) is 14.3 Å². The maximum atomic E-state index is 11.8. The van der Waals surface area contributed by atoms with E-state index in [1.54, 1.807) is 0 Å². The third-order valence-corrected chi connectivity index (χ3v) is 3.89. The largest absolute Gasteiger partial charge is 0.394 e.